The van der Waals surface area contributed by atoms with Gasteiger partial charge in [-0.2, -0.15) is 9.67 Å². The van der Waals surface area contributed by atoms with Gasteiger partial charge in [0.15, 0.2) is 0 Å². The second kappa shape index (κ2) is 8.19. The van der Waals surface area contributed by atoms with E-state index in [4.69, 9.17) is 13.0 Å². The van der Waals surface area contributed by atoms with Crippen LogP contribution in [-0.4, -0.2) is 32.5 Å². The first kappa shape index (κ1) is 19.0. The molecule has 8 heteroatoms. The molecule has 0 saturated heterocycles. The highest BCUT2D eigenvalue weighted by molar-refractivity contribution is 7.84. The van der Waals surface area contributed by atoms with Gasteiger partial charge < -0.3 is 4.55 Å². The van der Waals surface area contributed by atoms with Crippen LogP contribution in [0.3, 0.4) is 0 Å². The third-order valence-electron chi connectivity index (χ3n) is 3.24. The molecule has 0 radical (unpaired) electrons. The van der Waals surface area contributed by atoms with Gasteiger partial charge in [-0.3, -0.25) is 5.01 Å². The van der Waals surface area contributed by atoms with Crippen molar-refractivity contribution < 1.29 is 17.5 Å². The molecule has 0 fully saturated rings. The predicted molar refractivity (Wildman–Crippen MR) is 101 cm³/mol. The number of anilines is 1. The van der Waals surface area contributed by atoms with Gasteiger partial charge in [-0.05, 0) is 18.2 Å². The summed E-state index contributed by atoms with van der Waals surface area (Å²) in [7, 11) is 0.113. The molecule has 6 nitrogen and oxygen atoms in total. The Balaban J connectivity index is 0.000000399. The van der Waals surface area contributed by atoms with Crippen molar-refractivity contribution in [1.29, 1.82) is 0 Å². The Morgan fingerprint density at radius 1 is 1.12 bits per heavy atom. The van der Waals surface area contributed by atoms with Crippen LogP contribution in [0, 0.1) is 0 Å². The molecule has 0 aliphatic rings. The number of hydrogen-bond acceptors (Lipinski definition) is 6. The minimum absolute atomic E-state index is 0.604. The Hall–Kier alpha value is -2.29. The van der Waals surface area contributed by atoms with E-state index < -0.39 is 10.1 Å². The molecule has 1 heterocycles. The predicted octanol–water partition coefficient (Wildman–Crippen LogP) is 2.36. The van der Waals surface area contributed by atoms with Gasteiger partial charge in [0.25, 0.3) is 5.01 Å². The Morgan fingerprint density at radius 3 is 2.28 bits per heavy atom. The summed E-state index contributed by atoms with van der Waals surface area (Å²) in [5.74, 6) is 0. The van der Waals surface area contributed by atoms with E-state index in [0.29, 0.717) is 6.26 Å². The molecule has 25 heavy (non-hydrogen) atoms. The van der Waals surface area contributed by atoms with Gasteiger partial charge in [0.2, 0.25) is 5.52 Å². The molecule has 0 saturated carbocycles. The molecular weight excluding hydrogens is 358 g/mol. The van der Waals surface area contributed by atoms with Crippen molar-refractivity contribution in [3.05, 3.63) is 59.6 Å². The monoisotopic (exact) mass is 377 g/mol. The number of rotatable bonds is 3. The van der Waals surface area contributed by atoms with Gasteiger partial charge in [-0.1, -0.05) is 41.7 Å². The SMILES string of the molecule is CN(/N=C/c1sc2ccccc2[n+]1C)c1ccccc1.CS(=O)(=O)[O-]. The summed E-state index contributed by atoms with van der Waals surface area (Å²) in [5, 5.41) is 7.53. The average Bonchev–Trinajstić information content (AvgIpc) is 2.88. The molecule has 0 spiro atoms. The third-order valence-corrected chi connectivity index (χ3v) is 4.40. The van der Waals surface area contributed by atoms with Crippen LogP contribution in [0.1, 0.15) is 5.01 Å². The first-order chi connectivity index (χ1) is 11.8. The maximum Gasteiger partial charge on any atom is 0.282 e. The van der Waals surface area contributed by atoms with Crippen LogP contribution < -0.4 is 9.58 Å². The van der Waals surface area contributed by atoms with Crippen LogP contribution >= 0.6 is 11.3 Å². The average molecular weight is 377 g/mol. The lowest BCUT2D eigenvalue weighted by atomic mass is 10.3. The number of hydrazone groups is 1. The molecule has 0 aliphatic heterocycles. The molecular formula is C17H19N3O3S2. The standard InChI is InChI=1S/C16H16N3S.CH4O3S/c1-18-14-10-6-7-11-15(14)20-16(18)12-17-19(2)13-8-4-3-5-9-13;1-5(2,3)4/h3-12H,1-2H3;1H3,(H,2,3,4)/q+1;/p-1. The normalized spacial score (nSPS) is 11.4. The van der Waals surface area contributed by atoms with Gasteiger partial charge >= 0.3 is 0 Å². The van der Waals surface area contributed by atoms with Crippen molar-refractivity contribution in [2.45, 2.75) is 0 Å². The molecule has 0 amide bonds. The molecule has 0 bridgehead atoms. The van der Waals surface area contributed by atoms with Crippen LogP contribution in [0.4, 0.5) is 5.69 Å². The van der Waals surface area contributed by atoms with E-state index in [1.165, 1.54) is 10.2 Å². The van der Waals surface area contributed by atoms with Crippen molar-refractivity contribution in [3.63, 3.8) is 0 Å². The van der Waals surface area contributed by atoms with E-state index in [2.05, 4.69) is 41.0 Å². The number of benzene rings is 2. The van der Waals surface area contributed by atoms with E-state index in [-0.39, 0.29) is 0 Å². The molecule has 0 unspecified atom stereocenters. The maximum absolute atomic E-state index is 9.08. The van der Waals surface area contributed by atoms with Crippen molar-refractivity contribution in [2.24, 2.45) is 12.1 Å². The first-order valence-corrected chi connectivity index (χ1v) is 10.00. The quantitative estimate of drug-likeness (QED) is 0.304. The Kier molecular flexibility index (Phi) is 6.24. The maximum atomic E-state index is 9.08. The second-order valence-corrected chi connectivity index (χ2v) is 7.75. The highest BCUT2D eigenvalue weighted by atomic mass is 32.2. The van der Waals surface area contributed by atoms with E-state index in [0.717, 1.165) is 10.7 Å². The molecule has 0 N–H and O–H groups in total. The van der Waals surface area contributed by atoms with Crippen molar-refractivity contribution in [2.75, 3.05) is 18.3 Å². The fraction of sp³-hybridized carbons (Fsp3) is 0.176. The van der Waals surface area contributed by atoms with Crippen LogP contribution in [0.25, 0.3) is 10.2 Å². The summed E-state index contributed by atoms with van der Waals surface area (Å²) in [6, 6.07) is 18.5. The molecule has 3 aromatic rings. The summed E-state index contributed by atoms with van der Waals surface area (Å²) in [6.07, 6.45) is 2.52. The topological polar surface area (TPSA) is 76.7 Å². The van der Waals surface area contributed by atoms with E-state index in [1.807, 2.05) is 48.6 Å². The largest absolute Gasteiger partial charge is 0.748 e. The fourth-order valence-corrected chi connectivity index (χ4v) is 3.10. The van der Waals surface area contributed by atoms with Gasteiger partial charge in [0.1, 0.15) is 18.0 Å². The summed E-state index contributed by atoms with van der Waals surface area (Å²) >= 11 is 1.75. The minimum atomic E-state index is -3.92. The van der Waals surface area contributed by atoms with E-state index >= 15 is 0 Å². The number of aryl methyl sites for hydroxylation is 1. The minimum Gasteiger partial charge on any atom is -0.748 e. The highest BCUT2D eigenvalue weighted by Gasteiger charge is 2.14. The van der Waals surface area contributed by atoms with Crippen LogP contribution in [0.2, 0.25) is 0 Å². The lowest BCUT2D eigenvalue weighted by molar-refractivity contribution is -0.641. The Bertz CT molecular complexity index is 959. The smallest absolute Gasteiger partial charge is 0.282 e. The summed E-state index contributed by atoms with van der Waals surface area (Å²) < 4.78 is 30.7. The Labute approximate surface area is 151 Å². The van der Waals surface area contributed by atoms with Crippen molar-refractivity contribution in [3.8, 4) is 0 Å². The number of aromatic nitrogens is 1. The van der Waals surface area contributed by atoms with Gasteiger partial charge in [0, 0.05) is 19.4 Å². The lowest BCUT2D eigenvalue weighted by Crippen LogP contribution is -2.30. The fourth-order valence-electron chi connectivity index (χ4n) is 2.08. The number of thiazole rings is 1. The number of para-hydroxylation sites is 2. The van der Waals surface area contributed by atoms with E-state index in [1.54, 1.807) is 11.3 Å². The summed E-state index contributed by atoms with van der Waals surface area (Å²) in [6.45, 7) is 0. The molecule has 3 rings (SSSR count). The zero-order valence-corrected chi connectivity index (χ0v) is 15.8. The second-order valence-electron chi connectivity index (χ2n) is 5.27. The molecule has 0 atom stereocenters. The zero-order valence-electron chi connectivity index (χ0n) is 14.2. The van der Waals surface area contributed by atoms with Crippen LogP contribution in [-0.2, 0) is 17.2 Å². The number of hydrogen-bond donors (Lipinski definition) is 0. The summed E-state index contributed by atoms with van der Waals surface area (Å²) in [5.41, 5.74) is 2.31. The summed E-state index contributed by atoms with van der Waals surface area (Å²) in [4.78, 5) is 0. The molecule has 2 aromatic carbocycles. The zero-order chi connectivity index (χ0) is 18.4. The van der Waals surface area contributed by atoms with Gasteiger partial charge in [-0.15, -0.1) is 0 Å². The van der Waals surface area contributed by atoms with Gasteiger partial charge in [-0.25, -0.2) is 8.42 Å². The molecule has 1 aromatic heterocycles. The van der Waals surface area contributed by atoms with Crippen LogP contribution in [0.15, 0.2) is 59.7 Å². The lowest BCUT2D eigenvalue weighted by Gasteiger charge is -2.11. The number of fused-ring (bicyclic) bond motifs is 1. The van der Waals surface area contributed by atoms with Crippen molar-refractivity contribution >= 4 is 43.6 Å². The first-order valence-electron chi connectivity index (χ1n) is 7.37. The number of nitrogens with zero attached hydrogens (tertiary/aromatic N) is 3. The highest BCUT2D eigenvalue weighted by Crippen LogP contribution is 2.18. The van der Waals surface area contributed by atoms with Crippen molar-refractivity contribution in [1.82, 2.24) is 0 Å². The Morgan fingerprint density at radius 2 is 1.68 bits per heavy atom. The molecule has 0 aliphatic carbocycles. The molecule has 132 valence electrons. The third kappa shape index (κ3) is 5.93. The van der Waals surface area contributed by atoms with E-state index in [9.17, 15) is 0 Å². The van der Waals surface area contributed by atoms with Crippen LogP contribution in [0.5, 0.6) is 0 Å². The van der Waals surface area contributed by atoms with Gasteiger partial charge in [0.05, 0.1) is 15.8 Å².